The monoisotopic (exact) mass is 366 g/mol. The fourth-order valence-corrected chi connectivity index (χ4v) is 3.33. The van der Waals surface area contributed by atoms with Crippen LogP contribution in [0.4, 0.5) is 5.69 Å². The molecule has 0 unspecified atom stereocenters. The molecule has 26 heavy (non-hydrogen) atoms. The van der Waals surface area contributed by atoms with E-state index in [0.717, 1.165) is 5.56 Å². The van der Waals surface area contributed by atoms with Gasteiger partial charge in [0, 0.05) is 17.7 Å². The van der Waals surface area contributed by atoms with E-state index in [1.165, 1.54) is 29.5 Å². The largest absolute Gasteiger partial charge is 0.508 e. The summed E-state index contributed by atoms with van der Waals surface area (Å²) in [4.78, 5) is 27.7. The number of nitrogens with zero attached hydrogens (tertiary/aromatic N) is 2. The van der Waals surface area contributed by atoms with Crippen molar-refractivity contribution in [1.82, 2.24) is 4.98 Å². The highest BCUT2D eigenvalue weighted by atomic mass is 32.1. The first-order chi connectivity index (χ1) is 12.4. The van der Waals surface area contributed by atoms with Gasteiger partial charge in [-0.05, 0) is 42.8 Å². The third-order valence-corrected chi connectivity index (χ3v) is 4.86. The lowest BCUT2D eigenvalue weighted by Crippen LogP contribution is -1.93. The summed E-state index contributed by atoms with van der Waals surface area (Å²) in [6.07, 6.45) is 2.94. The quantitative estimate of drug-likeness (QED) is 0.307. The molecule has 130 valence electrons. The van der Waals surface area contributed by atoms with Crippen LogP contribution in [-0.4, -0.2) is 20.8 Å². The number of phenols is 1. The molecule has 1 heterocycles. The summed E-state index contributed by atoms with van der Waals surface area (Å²) < 4.78 is 0. The van der Waals surface area contributed by atoms with Crippen LogP contribution in [-0.2, 0) is 0 Å². The molecule has 0 saturated carbocycles. The SMILES string of the molecule is Cc1nc(-c2ccc(O)cc2)sc1C(=O)C=Cc1cccc([N+](=O)[O-])c1. The van der Waals surface area contributed by atoms with E-state index in [1.807, 2.05) is 0 Å². The van der Waals surface area contributed by atoms with Crippen LogP contribution in [0, 0.1) is 17.0 Å². The number of nitro benzene ring substituents is 1. The van der Waals surface area contributed by atoms with E-state index >= 15 is 0 Å². The van der Waals surface area contributed by atoms with Crippen LogP contribution in [0.25, 0.3) is 16.6 Å². The van der Waals surface area contributed by atoms with E-state index < -0.39 is 4.92 Å². The number of hydrogen-bond donors (Lipinski definition) is 1. The Morgan fingerprint density at radius 1 is 1.23 bits per heavy atom. The fraction of sp³-hybridized carbons (Fsp3) is 0.0526. The number of carbonyl (C=O) groups is 1. The molecule has 0 aliphatic heterocycles. The third-order valence-electron chi connectivity index (χ3n) is 3.64. The van der Waals surface area contributed by atoms with Crippen molar-refractivity contribution in [3.63, 3.8) is 0 Å². The first-order valence-corrected chi connectivity index (χ1v) is 8.49. The van der Waals surface area contributed by atoms with Gasteiger partial charge in [-0.2, -0.15) is 0 Å². The molecule has 2 aromatic carbocycles. The zero-order valence-electron chi connectivity index (χ0n) is 13.7. The van der Waals surface area contributed by atoms with Gasteiger partial charge in [0.1, 0.15) is 10.8 Å². The molecule has 1 N–H and O–H groups in total. The van der Waals surface area contributed by atoms with Crippen molar-refractivity contribution in [2.45, 2.75) is 6.92 Å². The Labute approximate surface area is 153 Å². The van der Waals surface area contributed by atoms with Crippen LogP contribution in [0.1, 0.15) is 20.9 Å². The van der Waals surface area contributed by atoms with Gasteiger partial charge in [-0.25, -0.2) is 4.98 Å². The lowest BCUT2D eigenvalue weighted by atomic mass is 10.1. The Morgan fingerprint density at radius 2 is 1.96 bits per heavy atom. The number of thiazole rings is 1. The van der Waals surface area contributed by atoms with Gasteiger partial charge >= 0.3 is 0 Å². The molecule has 3 aromatic rings. The number of benzene rings is 2. The van der Waals surface area contributed by atoms with E-state index in [2.05, 4.69) is 4.98 Å². The van der Waals surface area contributed by atoms with Crippen molar-refractivity contribution < 1.29 is 14.8 Å². The number of allylic oxidation sites excluding steroid dienone is 1. The molecule has 1 aromatic heterocycles. The average molecular weight is 366 g/mol. The minimum absolute atomic E-state index is 0.0248. The summed E-state index contributed by atoms with van der Waals surface area (Å²) >= 11 is 1.27. The van der Waals surface area contributed by atoms with Crippen LogP contribution in [0.2, 0.25) is 0 Å². The number of rotatable bonds is 5. The van der Waals surface area contributed by atoms with E-state index in [-0.39, 0.29) is 17.2 Å². The zero-order valence-corrected chi connectivity index (χ0v) is 14.6. The smallest absolute Gasteiger partial charge is 0.270 e. The lowest BCUT2D eigenvalue weighted by Gasteiger charge is -1.95. The van der Waals surface area contributed by atoms with Gasteiger partial charge in [-0.1, -0.05) is 18.2 Å². The Morgan fingerprint density at radius 3 is 2.65 bits per heavy atom. The molecule has 0 fully saturated rings. The number of aromatic hydroxyl groups is 1. The minimum Gasteiger partial charge on any atom is -0.508 e. The van der Waals surface area contributed by atoms with Gasteiger partial charge in [0.25, 0.3) is 5.69 Å². The topological polar surface area (TPSA) is 93.3 Å². The van der Waals surface area contributed by atoms with Crippen molar-refractivity contribution in [1.29, 1.82) is 0 Å². The molecule has 0 radical (unpaired) electrons. The van der Waals surface area contributed by atoms with Gasteiger partial charge in [-0.15, -0.1) is 11.3 Å². The van der Waals surface area contributed by atoms with Crippen molar-refractivity contribution >= 4 is 28.9 Å². The first kappa shape index (κ1) is 17.5. The van der Waals surface area contributed by atoms with Crippen LogP contribution in [0.15, 0.2) is 54.6 Å². The summed E-state index contributed by atoms with van der Waals surface area (Å²) in [7, 11) is 0. The zero-order chi connectivity index (χ0) is 18.7. The summed E-state index contributed by atoms with van der Waals surface area (Å²) in [5.41, 5.74) is 1.99. The standard InChI is InChI=1S/C19H14N2O4S/c1-12-18(26-19(20-12)14-6-8-16(22)9-7-14)17(23)10-5-13-3-2-4-15(11-13)21(24)25/h2-11,22H,1H3. The second kappa shape index (κ2) is 7.28. The number of nitro groups is 1. The van der Waals surface area contributed by atoms with Crippen LogP contribution in [0.3, 0.4) is 0 Å². The van der Waals surface area contributed by atoms with E-state index in [9.17, 15) is 20.0 Å². The number of ketones is 1. The average Bonchev–Trinajstić information content (AvgIpc) is 3.02. The molecule has 3 rings (SSSR count). The van der Waals surface area contributed by atoms with Gasteiger partial charge in [0.15, 0.2) is 5.78 Å². The van der Waals surface area contributed by atoms with Gasteiger partial charge in [0.05, 0.1) is 15.5 Å². The molecule has 0 aliphatic carbocycles. The summed E-state index contributed by atoms with van der Waals surface area (Å²) in [5.74, 6) is -0.0465. The molecule has 0 atom stereocenters. The molecule has 0 aliphatic rings. The van der Waals surface area contributed by atoms with Crippen molar-refractivity contribution in [3.8, 4) is 16.3 Å². The van der Waals surface area contributed by atoms with Gasteiger partial charge in [0.2, 0.25) is 0 Å². The van der Waals surface area contributed by atoms with Crippen LogP contribution >= 0.6 is 11.3 Å². The van der Waals surface area contributed by atoms with Gasteiger partial charge in [-0.3, -0.25) is 14.9 Å². The molecule has 7 heteroatoms. The normalized spacial score (nSPS) is 11.0. The Hall–Kier alpha value is -3.32. The fourth-order valence-electron chi connectivity index (χ4n) is 2.34. The maximum absolute atomic E-state index is 12.5. The number of aryl methyl sites for hydroxylation is 1. The molecule has 0 spiro atoms. The molecule has 0 bridgehead atoms. The van der Waals surface area contributed by atoms with Crippen LogP contribution in [0.5, 0.6) is 5.75 Å². The van der Waals surface area contributed by atoms with Crippen LogP contribution < -0.4 is 0 Å². The number of aromatic nitrogens is 1. The predicted molar refractivity (Wildman–Crippen MR) is 100 cm³/mol. The highest BCUT2D eigenvalue weighted by Gasteiger charge is 2.14. The number of phenolic OH excluding ortho intramolecular Hbond substituents is 1. The highest BCUT2D eigenvalue weighted by Crippen LogP contribution is 2.29. The Kier molecular flexibility index (Phi) is 4.90. The predicted octanol–water partition coefficient (Wildman–Crippen LogP) is 4.63. The lowest BCUT2D eigenvalue weighted by molar-refractivity contribution is -0.384. The number of non-ortho nitro benzene ring substituents is 1. The molecule has 0 amide bonds. The summed E-state index contributed by atoms with van der Waals surface area (Å²) in [6.45, 7) is 1.76. The molecular weight excluding hydrogens is 352 g/mol. The third kappa shape index (κ3) is 3.84. The minimum atomic E-state index is -0.476. The van der Waals surface area contributed by atoms with Crippen molar-refractivity contribution in [3.05, 3.63) is 80.9 Å². The van der Waals surface area contributed by atoms with Crippen molar-refractivity contribution in [2.24, 2.45) is 0 Å². The molecule has 0 saturated heterocycles. The summed E-state index contributed by atoms with van der Waals surface area (Å²) in [5, 5.41) is 20.9. The maximum Gasteiger partial charge on any atom is 0.270 e. The van der Waals surface area contributed by atoms with E-state index in [4.69, 9.17) is 0 Å². The van der Waals surface area contributed by atoms with E-state index in [0.29, 0.717) is 21.1 Å². The van der Waals surface area contributed by atoms with Crippen molar-refractivity contribution in [2.75, 3.05) is 0 Å². The maximum atomic E-state index is 12.5. The van der Waals surface area contributed by atoms with E-state index in [1.54, 1.807) is 49.4 Å². The number of hydrogen-bond acceptors (Lipinski definition) is 6. The van der Waals surface area contributed by atoms with Gasteiger partial charge < -0.3 is 5.11 Å². The first-order valence-electron chi connectivity index (χ1n) is 7.68. The highest BCUT2D eigenvalue weighted by molar-refractivity contribution is 7.17. The molecular formula is C19H14N2O4S. The second-order valence-corrected chi connectivity index (χ2v) is 6.53. The Bertz CT molecular complexity index is 1010. The number of carbonyl (C=O) groups excluding carboxylic acids is 1. The molecule has 6 nitrogen and oxygen atoms in total. The summed E-state index contributed by atoms with van der Waals surface area (Å²) in [6, 6.07) is 12.7. The Balaban J connectivity index is 1.83. The second-order valence-electron chi connectivity index (χ2n) is 5.53.